The van der Waals surface area contributed by atoms with Crippen LogP contribution in [0, 0.1) is 0 Å². The van der Waals surface area contributed by atoms with Crippen molar-refractivity contribution in [3.8, 4) is 0 Å². The lowest BCUT2D eigenvalue weighted by Gasteiger charge is -2.18. The molecule has 3 aromatic rings. The molecule has 0 aliphatic rings. The van der Waals surface area contributed by atoms with Crippen molar-refractivity contribution in [1.29, 1.82) is 0 Å². The van der Waals surface area contributed by atoms with Crippen molar-refractivity contribution in [2.75, 3.05) is 42.8 Å². The number of carbonyl (C=O) groups excluding carboxylic acids is 1. The molecule has 0 radical (unpaired) electrons. The summed E-state index contributed by atoms with van der Waals surface area (Å²) in [6.07, 6.45) is 0. The smallest absolute Gasteiger partial charge is 0.255 e. The standard InChI is InChI=1S/C24H27N5O2/c1-3-31-17-16-29(2)21-14-12-20(13-15-21)28-27-19-10-8-18(9-11-19)24(30)26-23-7-5-4-6-22(23)25/h4-15H,3,16-17,25H2,1-2H3,(H,26,30)/b28-27+. The van der Waals surface area contributed by atoms with Crippen molar-refractivity contribution in [3.05, 3.63) is 78.4 Å². The summed E-state index contributed by atoms with van der Waals surface area (Å²) in [6, 6.07) is 21.9. The van der Waals surface area contributed by atoms with Crippen LogP contribution in [0.4, 0.5) is 28.4 Å². The number of azo groups is 1. The van der Waals surface area contributed by atoms with Crippen molar-refractivity contribution >= 4 is 34.3 Å². The number of likely N-dealkylation sites (N-methyl/N-ethyl adjacent to an activating group) is 1. The number of nitrogens with two attached hydrogens (primary N) is 1. The average molecular weight is 418 g/mol. The highest BCUT2D eigenvalue weighted by molar-refractivity contribution is 6.05. The van der Waals surface area contributed by atoms with E-state index in [0.29, 0.717) is 29.2 Å². The summed E-state index contributed by atoms with van der Waals surface area (Å²) in [6.45, 7) is 4.23. The van der Waals surface area contributed by atoms with Gasteiger partial charge in [-0.2, -0.15) is 10.2 Å². The summed E-state index contributed by atoms with van der Waals surface area (Å²) in [7, 11) is 2.03. The Hall–Kier alpha value is -3.71. The second kappa shape index (κ2) is 10.9. The number of benzene rings is 3. The zero-order chi connectivity index (χ0) is 22.1. The molecule has 31 heavy (non-hydrogen) atoms. The maximum atomic E-state index is 12.4. The average Bonchev–Trinajstić information content (AvgIpc) is 2.80. The molecule has 0 saturated heterocycles. The Morgan fingerprint density at radius 1 is 0.968 bits per heavy atom. The monoisotopic (exact) mass is 417 g/mol. The molecule has 160 valence electrons. The first kappa shape index (κ1) is 22.0. The van der Waals surface area contributed by atoms with E-state index in [1.165, 1.54) is 0 Å². The number of nitrogens with one attached hydrogen (secondary N) is 1. The van der Waals surface area contributed by atoms with Crippen LogP contribution >= 0.6 is 0 Å². The summed E-state index contributed by atoms with van der Waals surface area (Å²) >= 11 is 0. The van der Waals surface area contributed by atoms with Gasteiger partial charge in [0.05, 0.1) is 29.4 Å². The lowest BCUT2D eigenvalue weighted by molar-refractivity contribution is 0.102. The van der Waals surface area contributed by atoms with E-state index in [2.05, 4.69) is 20.4 Å². The van der Waals surface area contributed by atoms with Gasteiger partial charge < -0.3 is 20.7 Å². The Balaban J connectivity index is 1.58. The molecule has 0 aliphatic carbocycles. The molecule has 0 aliphatic heterocycles. The van der Waals surface area contributed by atoms with Gasteiger partial charge in [-0.3, -0.25) is 4.79 Å². The van der Waals surface area contributed by atoms with Crippen LogP contribution < -0.4 is 16.0 Å². The van der Waals surface area contributed by atoms with Crippen LogP contribution in [0.2, 0.25) is 0 Å². The van der Waals surface area contributed by atoms with Gasteiger partial charge in [-0.1, -0.05) is 12.1 Å². The maximum Gasteiger partial charge on any atom is 0.255 e. The predicted molar refractivity (Wildman–Crippen MR) is 126 cm³/mol. The Bertz CT molecular complexity index is 1020. The number of nitrogen functional groups attached to an aromatic ring is 1. The van der Waals surface area contributed by atoms with Gasteiger partial charge >= 0.3 is 0 Å². The molecular weight excluding hydrogens is 390 g/mol. The van der Waals surface area contributed by atoms with E-state index in [-0.39, 0.29) is 5.91 Å². The third-order valence-electron chi connectivity index (χ3n) is 4.69. The van der Waals surface area contributed by atoms with Crippen molar-refractivity contribution in [2.24, 2.45) is 10.2 Å². The highest BCUT2D eigenvalue weighted by atomic mass is 16.5. The van der Waals surface area contributed by atoms with E-state index in [1.54, 1.807) is 36.4 Å². The number of anilines is 3. The van der Waals surface area contributed by atoms with E-state index in [1.807, 2.05) is 50.4 Å². The van der Waals surface area contributed by atoms with Crippen LogP contribution in [-0.4, -0.2) is 32.7 Å². The van der Waals surface area contributed by atoms with Gasteiger partial charge in [-0.25, -0.2) is 0 Å². The van der Waals surface area contributed by atoms with Gasteiger partial charge in [-0.05, 0) is 67.6 Å². The predicted octanol–water partition coefficient (Wildman–Crippen LogP) is 5.41. The summed E-state index contributed by atoms with van der Waals surface area (Å²) in [5.74, 6) is -0.231. The molecule has 0 spiro atoms. The number of hydrogen-bond donors (Lipinski definition) is 2. The van der Waals surface area contributed by atoms with Crippen molar-refractivity contribution in [2.45, 2.75) is 6.92 Å². The molecule has 7 heteroatoms. The van der Waals surface area contributed by atoms with E-state index < -0.39 is 0 Å². The molecule has 3 N–H and O–H groups in total. The lowest BCUT2D eigenvalue weighted by atomic mass is 10.2. The number of hydrogen-bond acceptors (Lipinski definition) is 6. The first-order chi connectivity index (χ1) is 15.1. The minimum atomic E-state index is -0.231. The quantitative estimate of drug-likeness (QED) is 0.277. The molecule has 0 bridgehead atoms. The molecule has 0 aromatic heterocycles. The zero-order valence-corrected chi connectivity index (χ0v) is 17.8. The molecule has 7 nitrogen and oxygen atoms in total. The number of carbonyl (C=O) groups is 1. The third kappa shape index (κ3) is 6.38. The van der Waals surface area contributed by atoms with Crippen molar-refractivity contribution < 1.29 is 9.53 Å². The van der Waals surface area contributed by atoms with Crippen LogP contribution in [0.15, 0.2) is 83.0 Å². The second-order valence-electron chi connectivity index (χ2n) is 6.92. The molecule has 0 heterocycles. The van der Waals surface area contributed by atoms with E-state index in [0.717, 1.165) is 24.5 Å². The number of amides is 1. The van der Waals surface area contributed by atoms with E-state index >= 15 is 0 Å². The fourth-order valence-corrected chi connectivity index (χ4v) is 2.85. The highest BCUT2D eigenvalue weighted by Gasteiger charge is 2.07. The number of nitrogens with zero attached hydrogens (tertiary/aromatic N) is 3. The SMILES string of the molecule is CCOCCN(C)c1ccc(/N=N/c2ccc(C(=O)Nc3ccccc3N)cc2)cc1. The normalized spacial score (nSPS) is 10.9. The summed E-state index contributed by atoms with van der Waals surface area (Å²) in [5, 5.41) is 11.3. The third-order valence-corrected chi connectivity index (χ3v) is 4.69. The molecule has 0 fully saturated rings. The Morgan fingerprint density at radius 2 is 1.58 bits per heavy atom. The molecule has 3 rings (SSSR count). The van der Waals surface area contributed by atoms with Gasteiger partial charge in [0.1, 0.15) is 0 Å². The Labute approximate surface area is 182 Å². The molecule has 0 saturated carbocycles. The molecule has 3 aromatic carbocycles. The molecule has 0 atom stereocenters. The Kier molecular flexibility index (Phi) is 7.73. The first-order valence-electron chi connectivity index (χ1n) is 10.1. The summed E-state index contributed by atoms with van der Waals surface area (Å²) in [5.41, 5.74) is 10.00. The number of ether oxygens (including phenoxy) is 1. The van der Waals surface area contributed by atoms with Gasteiger partial charge in [0.2, 0.25) is 0 Å². The van der Waals surface area contributed by atoms with Crippen LogP contribution in [0.5, 0.6) is 0 Å². The summed E-state index contributed by atoms with van der Waals surface area (Å²) in [4.78, 5) is 14.5. The van der Waals surface area contributed by atoms with Gasteiger partial charge in [0.15, 0.2) is 0 Å². The zero-order valence-electron chi connectivity index (χ0n) is 17.8. The second-order valence-corrected chi connectivity index (χ2v) is 6.92. The minimum Gasteiger partial charge on any atom is -0.397 e. The van der Waals surface area contributed by atoms with Gasteiger partial charge in [0, 0.05) is 31.5 Å². The number of rotatable bonds is 9. The van der Waals surface area contributed by atoms with Crippen LogP contribution in [0.25, 0.3) is 0 Å². The molecule has 0 unspecified atom stereocenters. The van der Waals surface area contributed by atoms with Crippen molar-refractivity contribution in [1.82, 2.24) is 0 Å². The van der Waals surface area contributed by atoms with E-state index in [9.17, 15) is 4.79 Å². The fourth-order valence-electron chi connectivity index (χ4n) is 2.85. The maximum absolute atomic E-state index is 12.4. The largest absolute Gasteiger partial charge is 0.397 e. The highest BCUT2D eigenvalue weighted by Crippen LogP contribution is 2.23. The first-order valence-corrected chi connectivity index (χ1v) is 10.1. The van der Waals surface area contributed by atoms with Crippen LogP contribution in [0.3, 0.4) is 0 Å². The molecule has 1 amide bonds. The molecular formula is C24H27N5O2. The van der Waals surface area contributed by atoms with Crippen molar-refractivity contribution in [3.63, 3.8) is 0 Å². The van der Waals surface area contributed by atoms with E-state index in [4.69, 9.17) is 10.5 Å². The topological polar surface area (TPSA) is 92.3 Å². The number of para-hydroxylation sites is 2. The van der Waals surface area contributed by atoms with Gasteiger partial charge in [0.25, 0.3) is 5.91 Å². The fraction of sp³-hybridized carbons (Fsp3) is 0.208. The Morgan fingerprint density at radius 3 is 2.19 bits per heavy atom. The van der Waals surface area contributed by atoms with Gasteiger partial charge in [-0.15, -0.1) is 0 Å². The summed E-state index contributed by atoms with van der Waals surface area (Å²) < 4.78 is 5.39. The van der Waals surface area contributed by atoms with Crippen LogP contribution in [0.1, 0.15) is 17.3 Å². The lowest BCUT2D eigenvalue weighted by Crippen LogP contribution is -2.22. The van der Waals surface area contributed by atoms with Crippen LogP contribution in [-0.2, 0) is 4.74 Å². The minimum absolute atomic E-state index is 0.231.